The summed E-state index contributed by atoms with van der Waals surface area (Å²) < 4.78 is 8.12. The first kappa shape index (κ1) is 16.5. The minimum absolute atomic E-state index is 0.00661. The molecule has 1 heterocycles. The Labute approximate surface area is 143 Å². The van der Waals surface area contributed by atoms with Gasteiger partial charge in [0.1, 0.15) is 12.4 Å². The molecule has 0 bridgehead atoms. The van der Waals surface area contributed by atoms with Gasteiger partial charge < -0.3 is 4.74 Å². The van der Waals surface area contributed by atoms with E-state index in [0.29, 0.717) is 28.5 Å². The van der Waals surface area contributed by atoms with Crippen LogP contribution in [0, 0.1) is 0 Å². The first-order valence-corrected chi connectivity index (χ1v) is 7.93. The number of aromatic nitrogens is 2. The lowest BCUT2D eigenvalue weighted by Crippen LogP contribution is -2.38. The zero-order valence-electron chi connectivity index (χ0n) is 13.6. The van der Waals surface area contributed by atoms with Crippen molar-refractivity contribution < 1.29 is 9.53 Å². The number of benzene rings is 1. The van der Waals surface area contributed by atoms with Gasteiger partial charge in [-0.25, -0.2) is 4.79 Å². The zero-order valence-corrected chi connectivity index (χ0v) is 14.4. The SMILES string of the molecule is C[C@H]1CC(=O)c2c(OCc3cc(=O)n(C)c(=O)n3C)ccc(Cl)c21. The van der Waals surface area contributed by atoms with E-state index < -0.39 is 11.2 Å². The van der Waals surface area contributed by atoms with Crippen LogP contribution in [-0.2, 0) is 20.7 Å². The molecule has 0 fully saturated rings. The van der Waals surface area contributed by atoms with E-state index in [9.17, 15) is 14.4 Å². The van der Waals surface area contributed by atoms with Gasteiger partial charge in [0, 0.05) is 31.6 Å². The highest BCUT2D eigenvalue weighted by Gasteiger charge is 2.31. The molecule has 24 heavy (non-hydrogen) atoms. The average molecular weight is 349 g/mol. The van der Waals surface area contributed by atoms with Crippen LogP contribution < -0.4 is 16.0 Å². The lowest BCUT2D eigenvalue weighted by atomic mass is 10.0. The summed E-state index contributed by atoms with van der Waals surface area (Å²) in [5, 5.41) is 0.552. The van der Waals surface area contributed by atoms with Crippen molar-refractivity contribution in [2.24, 2.45) is 14.1 Å². The van der Waals surface area contributed by atoms with Crippen LogP contribution in [-0.4, -0.2) is 14.9 Å². The molecular formula is C17H17ClN2O4. The first-order chi connectivity index (χ1) is 11.3. The van der Waals surface area contributed by atoms with E-state index in [0.717, 1.165) is 10.1 Å². The van der Waals surface area contributed by atoms with Crippen molar-refractivity contribution in [3.05, 3.63) is 60.9 Å². The fourth-order valence-electron chi connectivity index (χ4n) is 3.01. The van der Waals surface area contributed by atoms with Gasteiger partial charge in [0.05, 0.1) is 11.3 Å². The van der Waals surface area contributed by atoms with Crippen LogP contribution in [0.15, 0.2) is 27.8 Å². The lowest BCUT2D eigenvalue weighted by molar-refractivity contribution is 0.0986. The number of halogens is 1. The van der Waals surface area contributed by atoms with E-state index >= 15 is 0 Å². The van der Waals surface area contributed by atoms with Crippen LogP contribution in [0.4, 0.5) is 0 Å². The standard InChI is InChI=1S/C17H17ClN2O4/c1-9-6-12(21)16-13(5-4-11(18)15(9)16)24-8-10-7-14(22)20(3)17(23)19(10)2/h4-5,7,9H,6,8H2,1-3H3/t9-/m0/s1. The summed E-state index contributed by atoms with van der Waals surface area (Å²) in [6, 6.07) is 4.70. The summed E-state index contributed by atoms with van der Waals surface area (Å²) in [4.78, 5) is 36.0. The summed E-state index contributed by atoms with van der Waals surface area (Å²) in [7, 11) is 2.99. The van der Waals surface area contributed by atoms with Crippen molar-refractivity contribution in [3.63, 3.8) is 0 Å². The highest BCUT2D eigenvalue weighted by molar-refractivity contribution is 6.32. The molecule has 3 rings (SSSR count). The number of ketones is 1. The van der Waals surface area contributed by atoms with Crippen LogP contribution in [0.2, 0.25) is 5.02 Å². The Morgan fingerprint density at radius 2 is 1.92 bits per heavy atom. The molecule has 0 aliphatic heterocycles. The normalized spacial score (nSPS) is 16.3. The summed E-state index contributed by atoms with van der Waals surface area (Å²) in [6.07, 6.45) is 0.403. The number of carbonyl (C=O) groups is 1. The van der Waals surface area contributed by atoms with Crippen LogP contribution >= 0.6 is 11.6 Å². The maximum absolute atomic E-state index is 12.2. The summed E-state index contributed by atoms with van der Waals surface area (Å²) in [5.41, 5.74) is 0.918. The van der Waals surface area contributed by atoms with Crippen LogP contribution in [0.25, 0.3) is 0 Å². The largest absolute Gasteiger partial charge is 0.487 e. The number of Topliss-reactive ketones (excluding diaryl/α,β-unsaturated/α-hetero) is 1. The highest BCUT2D eigenvalue weighted by Crippen LogP contribution is 2.42. The molecule has 1 aliphatic rings. The summed E-state index contributed by atoms with van der Waals surface area (Å²) >= 11 is 6.21. The monoisotopic (exact) mass is 348 g/mol. The fraction of sp³-hybridized carbons (Fsp3) is 0.353. The van der Waals surface area contributed by atoms with Crippen LogP contribution in [0.5, 0.6) is 5.75 Å². The molecule has 0 unspecified atom stereocenters. The Balaban J connectivity index is 1.97. The second kappa shape index (κ2) is 5.94. The molecule has 2 aromatic rings. The van der Waals surface area contributed by atoms with E-state index in [-0.39, 0.29) is 18.3 Å². The zero-order chi connectivity index (χ0) is 17.6. The fourth-order valence-corrected chi connectivity index (χ4v) is 3.36. The number of fused-ring (bicyclic) bond motifs is 1. The van der Waals surface area contributed by atoms with Gasteiger partial charge in [-0.2, -0.15) is 0 Å². The minimum Gasteiger partial charge on any atom is -0.487 e. The first-order valence-electron chi connectivity index (χ1n) is 7.55. The topological polar surface area (TPSA) is 70.3 Å². The average Bonchev–Trinajstić information content (AvgIpc) is 2.85. The Morgan fingerprint density at radius 3 is 2.62 bits per heavy atom. The molecule has 0 radical (unpaired) electrons. The molecular weight excluding hydrogens is 332 g/mol. The van der Waals surface area contributed by atoms with Gasteiger partial charge in [-0.15, -0.1) is 0 Å². The second-order valence-electron chi connectivity index (χ2n) is 6.03. The van der Waals surface area contributed by atoms with Gasteiger partial charge in [0.25, 0.3) is 5.56 Å². The number of carbonyl (C=O) groups excluding carboxylic acids is 1. The van der Waals surface area contributed by atoms with E-state index in [1.165, 1.54) is 17.7 Å². The van der Waals surface area contributed by atoms with Gasteiger partial charge in [-0.05, 0) is 23.6 Å². The number of rotatable bonds is 3. The van der Waals surface area contributed by atoms with Crippen molar-refractivity contribution >= 4 is 17.4 Å². The summed E-state index contributed by atoms with van der Waals surface area (Å²) in [6.45, 7) is 1.96. The molecule has 0 spiro atoms. The molecule has 7 heteroatoms. The van der Waals surface area contributed by atoms with Crippen molar-refractivity contribution in [2.75, 3.05) is 0 Å². The number of ether oxygens (including phenoxy) is 1. The molecule has 1 aromatic heterocycles. The number of hydrogen-bond donors (Lipinski definition) is 0. The molecule has 0 N–H and O–H groups in total. The minimum atomic E-state index is -0.424. The Kier molecular flexibility index (Phi) is 4.09. The molecule has 0 saturated carbocycles. The van der Waals surface area contributed by atoms with Gasteiger partial charge in [-0.1, -0.05) is 18.5 Å². The maximum Gasteiger partial charge on any atom is 0.330 e. The predicted octanol–water partition coefficient (Wildman–Crippen LogP) is 2.01. The highest BCUT2D eigenvalue weighted by atomic mass is 35.5. The quantitative estimate of drug-likeness (QED) is 0.850. The van der Waals surface area contributed by atoms with Gasteiger partial charge >= 0.3 is 5.69 Å². The van der Waals surface area contributed by atoms with Gasteiger partial charge in [0.2, 0.25) is 0 Å². The molecule has 6 nitrogen and oxygen atoms in total. The molecule has 1 aliphatic carbocycles. The Morgan fingerprint density at radius 1 is 1.21 bits per heavy atom. The van der Waals surface area contributed by atoms with Crippen LogP contribution in [0.3, 0.4) is 0 Å². The smallest absolute Gasteiger partial charge is 0.330 e. The van der Waals surface area contributed by atoms with Crippen molar-refractivity contribution in [1.29, 1.82) is 0 Å². The van der Waals surface area contributed by atoms with Crippen LogP contribution in [0.1, 0.15) is 40.9 Å². The number of nitrogens with zero attached hydrogens (tertiary/aromatic N) is 2. The molecule has 126 valence electrons. The van der Waals surface area contributed by atoms with Gasteiger partial charge in [-0.3, -0.25) is 18.7 Å². The van der Waals surface area contributed by atoms with Crippen molar-refractivity contribution in [1.82, 2.24) is 9.13 Å². The Hall–Kier alpha value is -2.34. The third-order valence-corrected chi connectivity index (χ3v) is 4.75. The molecule has 1 atom stereocenters. The third kappa shape index (κ3) is 2.57. The van der Waals surface area contributed by atoms with E-state index in [1.54, 1.807) is 19.2 Å². The molecule has 1 aromatic carbocycles. The van der Waals surface area contributed by atoms with Crippen molar-refractivity contribution in [2.45, 2.75) is 25.9 Å². The van der Waals surface area contributed by atoms with E-state index in [4.69, 9.17) is 16.3 Å². The van der Waals surface area contributed by atoms with Crippen molar-refractivity contribution in [3.8, 4) is 5.75 Å². The third-order valence-electron chi connectivity index (χ3n) is 4.42. The van der Waals surface area contributed by atoms with Gasteiger partial charge in [0.15, 0.2) is 5.78 Å². The van der Waals surface area contributed by atoms with E-state index in [2.05, 4.69) is 0 Å². The Bertz CT molecular complexity index is 958. The summed E-state index contributed by atoms with van der Waals surface area (Å²) in [5.74, 6) is 0.474. The van der Waals surface area contributed by atoms with E-state index in [1.807, 2.05) is 6.92 Å². The maximum atomic E-state index is 12.2. The molecule has 0 saturated heterocycles. The molecule has 0 amide bonds. The number of hydrogen-bond acceptors (Lipinski definition) is 4. The predicted molar refractivity (Wildman–Crippen MR) is 90.1 cm³/mol. The second-order valence-corrected chi connectivity index (χ2v) is 6.43. The lowest BCUT2D eigenvalue weighted by Gasteiger charge is -2.14.